The minimum Gasteiger partial charge on any atom is -0.366 e. The zero-order chi connectivity index (χ0) is 23.7. The highest BCUT2D eigenvalue weighted by Gasteiger charge is 2.43. The normalized spacial score (nSPS) is 17.6. The highest BCUT2D eigenvalue weighted by atomic mass is 19.1. The van der Waals surface area contributed by atoms with Gasteiger partial charge in [-0.3, -0.25) is 14.4 Å². The van der Waals surface area contributed by atoms with Gasteiger partial charge in [0.2, 0.25) is 5.91 Å². The Morgan fingerprint density at radius 3 is 2.18 bits per heavy atom. The predicted molar refractivity (Wildman–Crippen MR) is 125 cm³/mol. The second-order valence-electron chi connectivity index (χ2n) is 8.55. The molecule has 1 N–H and O–H groups in total. The number of likely N-dealkylation sites (N-methyl/N-ethyl adjacent to an activating group) is 1. The molecule has 1 saturated heterocycles. The van der Waals surface area contributed by atoms with Crippen LogP contribution < -0.4 is 10.2 Å². The molecule has 2 aromatic rings. The fourth-order valence-corrected chi connectivity index (χ4v) is 4.42. The highest BCUT2D eigenvalue weighted by Crippen LogP contribution is 2.36. The molecule has 4 rings (SSSR count). The van der Waals surface area contributed by atoms with Crippen molar-refractivity contribution in [2.24, 2.45) is 0 Å². The average Bonchev–Trinajstić information content (AvgIpc) is 3.04. The van der Waals surface area contributed by atoms with E-state index in [-0.39, 0.29) is 11.9 Å². The molecule has 0 spiro atoms. The highest BCUT2D eigenvalue weighted by molar-refractivity contribution is 6.45. The van der Waals surface area contributed by atoms with E-state index >= 15 is 0 Å². The van der Waals surface area contributed by atoms with Crippen LogP contribution in [0.15, 0.2) is 54.2 Å². The Bertz CT molecular complexity index is 1100. The molecule has 7 nitrogen and oxygen atoms in total. The molecule has 172 valence electrons. The van der Waals surface area contributed by atoms with Crippen LogP contribution in [0.25, 0.3) is 5.57 Å². The second-order valence-corrected chi connectivity index (χ2v) is 8.55. The maximum Gasteiger partial charge on any atom is 0.282 e. The van der Waals surface area contributed by atoms with Crippen molar-refractivity contribution in [3.8, 4) is 0 Å². The van der Waals surface area contributed by atoms with Gasteiger partial charge in [-0.15, -0.1) is 0 Å². The van der Waals surface area contributed by atoms with E-state index in [2.05, 4.69) is 17.3 Å². The third-order valence-electron chi connectivity index (χ3n) is 6.23. The smallest absolute Gasteiger partial charge is 0.282 e. The number of hydrogen-bond acceptors (Lipinski definition) is 5. The van der Waals surface area contributed by atoms with Gasteiger partial charge in [-0.2, -0.15) is 0 Å². The molecule has 0 radical (unpaired) electrons. The van der Waals surface area contributed by atoms with Gasteiger partial charge in [0.25, 0.3) is 11.8 Å². The summed E-state index contributed by atoms with van der Waals surface area (Å²) in [6.07, 6.45) is 1.76. The Hall–Kier alpha value is -3.52. The topological polar surface area (TPSA) is 73.0 Å². The van der Waals surface area contributed by atoms with Crippen molar-refractivity contribution in [1.82, 2.24) is 9.80 Å². The maximum atomic E-state index is 13.6. The van der Waals surface area contributed by atoms with Gasteiger partial charge in [0.15, 0.2) is 0 Å². The molecule has 0 saturated carbocycles. The monoisotopic (exact) mass is 450 g/mol. The van der Waals surface area contributed by atoms with Crippen LogP contribution in [0, 0.1) is 5.82 Å². The van der Waals surface area contributed by atoms with Crippen LogP contribution in [0.5, 0.6) is 0 Å². The molecule has 0 unspecified atom stereocenters. The first-order chi connectivity index (χ1) is 15.8. The summed E-state index contributed by atoms with van der Waals surface area (Å²) in [5.41, 5.74) is 2.16. The Balaban J connectivity index is 1.75. The van der Waals surface area contributed by atoms with Gasteiger partial charge >= 0.3 is 0 Å². The van der Waals surface area contributed by atoms with Crippen LogP contribution in [0.3, 0.4) is 0 Å². The number of piperidine rings is 1. The number of carbonyl (C=O) groups excluding carboxylic acids is 3. The third kappa shape index (κ3) is 4.52. The fourth-order valence-electron chi connectivity index (χ4n) is 4.42. The number of carbonyl (C=O) groups is 3. The lowest BCUT2D eigenvalue weighted by Crippen LogP contribution is -2.43. The molecule has 2 aliphatic heterocycles. The van der Waals surface area contributed by atoms with E-state index in [4.69, 9.17) is 0 Å². The van der Waals surface area contributed by atoms with Crippen molar-refractivity contribution in [2.45, 2.75) is 25.8 Å². The Morgan fingerprint density at radius 2 is 1.61 bits per heavy atom. The van der Waals surface area contributed by atoms with Gasteiger partial charge < -0.3 is 15.1 Å². The third-order valence-corrected chi connectivity index (χ3v) is 6.23. The summed E-state index contributed by atoms with van der Waals surface area (Å²) >= 11 is 0. The number of benzene rings is 2. The number of hydrogen-bond donors (Lipinski definition) is 1. The van der Waals surface area contributed by atoms with Gasteiger partial charge in [0.1, 0.15) is 11.5 Å². The van der Waals surface area contributed by atoms with Crippen molar-refractivity contribution in [1.29, 1.82) is 0 Å². The zero-order valence-electron chi connectivity index (χ0n) is 19.0. The summed E-state index contributed by atoms with van der Waals surface area (Å²) < 4.78 is 13.5. The van der Waals surface area contributed by atoms with Crippen molar-refractivity contribution in [2.75, 3.05) is 37.4 Å². The van der Waals surface area contributed by atoms with E-state index in [1.54, 1.807) is 24.3 Å². The molecule has 1 fully saturated rings. The number of rotatable bonds is 5. The molecule has 8 heteroatoms. The zero-order valence-corrected chi connectivity index (χ0v) is 19.0. The van der Waals surface area contributed by atoms with Gasteiger partial charge in [0.05, 0.1) is 11.3 Å². The molecule has 33 heavy (non-hydrogen) atoms. The molecule has 2 heterocycles. The predicted octanol–water partition coefficient (Wildman–Crippen LogP) is 3.09. The minimum absolute atomic E-state index is 0.120. The van der Waals surface area contributed by atoms with Gasteiger partial charge in [0, 0.05) is 25.7 Å². The first-order valence-electron chi connectivity index (χ1n) is 10.9. The molecule has 3 amide bonds. The van der Waals surface area contributed by atoms with Crippen molar-refractivity contribution in [3.63, 3.8) is 0 Å². The Kier molecular flexibility index (Phi) is 6.29. The van der Waals surface area contributed by atoms with Crippen LogP contribution >= 0.6 is 0 Å². The number of anilines is 2. The fraction of sp³-hybridized carbons (Fsp3) is 0.320. The minimum atomic E-state index is -0.450. The lowest BCUT2D eigenvalue weighted by molar-refractivity contribution is -0.121. The Labute approximate surface area is 192 Å². The average molecular weight is 451 g/mol. The molecule has 0 atom stereocenters. The molecular formula is C25H27FN4O3. The Morgan fingerprint density at radius 1 is 1.00 bits per heavy atom. The standard InChI is InChI=1S/C25H27FN4O3/c1-16(31)27-19-8-4-17(5-9-19)22-23(29(3)20-12-14-28(2)15-13-20)25(33)30(24(22)32)21-10-6-18(26)7-11-21/h4-11,20H,12-15H2,1-3H3,(H,27,31). The number of halogens is 1. The molecule has 2 aliphatic rings. The number of nitrogens with zero attached hydrogens (tertiary/aromatic N) is 3. The van der Waals surface area contributed by atoms with Crippen LogP contribution in [-0.4, -0.2) is 60.7 Å². The summed E-state index contributed by atoms with van der Waals surface area (Å²) in [5.74, 6) is -1.51. The van der Waals surface area contributed by atoms with Gasteiger partial charge in [-0.05, 0) is 74.9 Å². The molecule has 0 aromatic heterocycles. The van der Waals surface area contributed by atoms with Crippen molar-refractivity contribution >= 4 is 34.7 Å². The largest absolute Gasteiger partial charge is 0.366 e. The van der Waals surface area contributed by atoms with E-state index in [9.17, 15) is 18.8 Å². The first kappa shape index (κ1) is 22.7. The van der Waals surface area contributed by atoms with Crippen molar-refractivity contribution in [3.05, 3.63) is 65.6 Å². The lowest BCUT2D eigenvalue weighted by atomic mass is 10.00. The first-order valence-corrected chi connectivity index (χ1v) is 10.9. The number of likely N-dealkylation sites (tertiary alicyclic amines) is 1. The summed E-state index contributed by atoms with van der Waals surface area (Å²) in [7, 11) is 3.93. The van der Waals surface area contributed by atoms with E-state index in [0.29, 0.717) is 28.2 Å². The quantitative estimate of drug-likeness (QED) is 0.709. The summed E-state index contributed by atoms with van der Waals surface area (Å²) in [6.45, 7) is 3.24. The number of imide groups is 1. The number of amides is 3. The van der Waals surface area contributed by atoms with Gasteiger partial charge in [-0.25, -0.2) is 9.29 Å². The van der Waals surface area contributed by atoms with Crippen LogP contribution in [0.4, 0.5) is 15.8 Å². The summed E-state index contributed by atoms with van der Waals surface area (Å²) in [6, 6.07) is 12.3. The van der Waals surface area contributed by atoms with E-state index in [0.717, 1.165) is 30.8 Å². The second kappa shape index (κ2) is 9.15. The van der Waals surface area contributed by atoms with E-state index < -0.39 is 17.6 Å². The lowest BCUT2D eigenvalue weighted by Gasteiger charge is -2.36. The van der Waals surface area contributed by atoms with Crippen LogP contribution in [-0.2, 0) is 14.4 Å². The van der Waals surface area contributed by atoms with Crippen LogP contribution in [0.1, 0.15) is 25.3 Å². The van der Waals surface area contributed by atoms with Gasteiger partial charge in [-0.1, -0.05) is 12.1 Å². The van der Waals surface area contributed by atoms with Crippen molar-refractivity contribution < 1.29 is 18.8 Å². The summed E-state index contributed by atoms with van der Waals surface area (Å²) in [4.78, 5) is 43.8. The van der Waals surface area contributed by atoms with E-state index in [1.807, 2.05) is 11.9 Å². The molecule has 0 bridgehead atoms. The number of nitrogens with one attached hydrogen (secondary N) is 1. The summed E-state index contributed by atoms with van der Waals surface area (Å²) in [5, 5.41) is 2.70. The molecule has 0 aliphatic carbocycles. The van der Waals surface area contributed by atoms with Crippen LogP contribution in [0.2, 0.25) is 0 Å². The molecule has 2 aromatic carbocycles. The maximum absolute atomic E-state index is 13.6. The SMILES string of the molecule is CC(=O)Nc1ccc(C2=C(N(C)C3CCN(C)CC3)C(=O)N(c3ccc(F)cc3)C2=O)cc1. The van der Waals surface area contributed by atoms with E-state index in [1.165, 1.54) is 31.2 Å². The molecular weight excluding hydrogens is 423 g/mol.